The fraction of sp³-hybridized carbons (Fsp3) is 0.421. The molecule has 2 heterocycles. The van der Waals surface area contributed by atoms with Crippen molar-refractivity contribution >= 4 is 24.0 Å². The quantitative estimate of drug-likeness (QED) is 0.485. The molecule has 0 bridgehead atoms. The Kier molecular flexibility index (Phi) is 5.88. The van der Waals surface area contributed by atoms with Gasteiger partial charge in [-0.2, -0.15) is 0 Å². The molecule has 138 valence electrons. The summed E-state index contributed by atoms with van der Waals surface area (Å²) in [7, 11) is 1.76. The Morgan fingerprint density at radius 1 is 1.23 bits per heavy atom. The molecule has 1 aromatic rings. The number of carbonyl (C=O) groups is 2. The van der Waals surface area contributed by atoms with E-state index in [0.717, 1.165) is 31.9 Å². The standard InChI is InChI=1S/C19H25N5O2/c1-20-18(21-9-12-24-17(25)14-22-19(24)26)23-10-7-16(8-11-23)13-15-5-3-2-4-6-15/h2-6,13H,7-12,14H2,1H3,(H,20,21)(H,22,26). The molecule has 3 rings (SSSR count). The van der Waals surface area contributed by atoms with Crippen molar-refractivity contribution in [2.24, 2.45) is 4.99 Å². The molecule has 1 aromatic carbocycles. The van der Waals surface area contributed by atoms with Gasteiger partial charge in [-0.25, -0.2) is 4.79 Å². The van der Waals surface area contributed by atoms with Crippen LogP contribution in [0, 0.1) is 0 Å². The second-order valence-corrected chi connectivity index (χ2v) is 6.38. The highest BCUT2D eigenvalue weighted by Gasteiger charge is 2.28. The van der Waals surface area contributed by atoms with Gasteiger partial charge >= 0.3 is 6.03 Å². The van der Waals surface area contributed by atoms with Crippen molar-refractivity contribution in [1.29, 1.82) is 0 Å². The molecule has 2 aliphatic heterocycles. The Balaban J connectivity index is 1.47. The van der Waals surface area contributed by atoms with E-state index in [1.807, 2.05) is 6.07 Å². The second-order valence-electron chi connectivity index (χ2n) is 6.38. The van der Waals surface area contributed by atoms with Gasteiger partial charge in [-0.1, -0.05) is 42.0 Å². The molecule has 2 N–H and O–H groups in total. The van der Waals surface area contributed by atoms with Gasteiger partial charge in [0.2, 0.25) is 5.91 Å². The molecular formula is C19H25N5O2. The SMILES string of the molecule is CN=C(NCCN1C(=O)CNC1=O)N1CCC(=Cc2ccccc2)CC1. The van der Waals surface area contributed by atoms with Gasteiger partial charge in [-0.3, -0.25) is 14.7 Å². The number of piperidine rings is 1. The molecule has 26 heavy (non-hydrogen) atoms. The van der Waals surface area contributed by atoms with E-state index < -0.39 is 0 Å². The molecule has 0 spiro atoms. The van der Waals surface area contributed by atoms with E-state index in [-0.39, 0.29) is 18.5 Å². The van der Waals surface area contributed by atoms with Crippen LogP contribution >= 0.6 is 0 Å². The van der Waals surface area contributed by atoms with E-state index in [4.69, 9.17) is 0 Å². The van der Waals surface area contributed by atoms with E-state index in [2.05, 4.69) is 50.9 Å². The van der Waals surface area contributed by atoms with Crippen LogP contribution in [0.2, 0.25) is 0 Å². The van der Waals surface area contributed by atoms with E-state index >= 15 is 0 Å². The Morgan fingerprint density at radius 3 is 2.58 bits per heavy atom. The van der Waals surface area contributed by atoms with Crippen LogP contribution in [0.15, 0.2) is 40.9 Å². The lowest BCUT2D eigenvalue weighted by Gasteiger charge is -2.31. The predicted octanol–water partition coefficient (Wildman–Crippen LogP) is 1.29. The van der Waals surface area contributed by atoms with Crippen LogP contribution in [-0.4, -0.2) is 67.5 Å². The summed E-state index contributed by atoms with van der Waals surface area (Å²) < 4.78 is 0. The number of guanidine groups is 1. The van der Waals surface area contributed by atoms with Crippen molar-refractivity contribution in [2.75, 3.05) is 39.8 Å². The number of carbonyl (C=O) groups excluding carboxylic acids is 2. The summed E-state index contributed by atoms with van der Waals surface area (Å²) in [6, 6.07) is 10.1. The minimum Gasteiger partial charge on any atom is -0.354 e. The second kappa shape index (κ2) is 8.51. The summed E-state index contributed by atoms with van der Waals surface area (Å²) in [6.07, 6.45) is 4.27. The topological polar surface area (TPSA) is 77.0 Å². The summed E-state index contributed by atoms with van der Waals surface area (Å²) in [5.41, 5.74) is 2.69. The fourth-order valence-corrected chi connectivity index (χ4v) is 3.23. The third-order valence-electron chi connectivity index (χ3n) is 4.64. The van der Waals surface area contributed by atoms with Gasteiger partial charge in [0.15, 0.2) is 5.96 Å². The average molecular weight is 355 g/mol. The van der Waals surface area contributed by atoms with Gasteiger partial charge in [0.05, 0.1) is 6.54 Å². The summed E-state index contributed by atoms with van der Waals surface area (Å²) in [5.74, 6) is 0.635. The number of hydrogen-bond donors (Lipinski definition) is 2. The molecular weight excluding hydrogens is 330 g/mol. The molecule has 7 nitrogen and oxygen atoms in total. The Bertz CT molecular complexity index is 688. The molecule has 0 saturated carbocycles. The van der Waals surface area contributed by atoms with Crippen molar-refractivity contribution < 1.29 is 9.59 Å². The van der Waals surface area contributed by atoms with Crippen LogP contribution in [0.3, 0.4) is 0 Å². The lowest BCUT2D eigenvalue weighted by atomic mass is 10.0. The van der Waals surface area contributed by atoms with Gasteiger partial charge < -0.3 is 15.5 Å². The zero-order chi connectivity index (χ0) is 18.4. The predicted molar refractivity (Wildman–Crippen MR) is 102 cm³/mol. The highest BCUT2D eigenvalue weighted by atomic mass is 16.2. The molecule has 2 fully saturated rings. The van der Waals surface area contributed by atoms with E-state index in [1.165, 1.54) is 16.0 Å². The number of benzene rings is 1. The van der Waals surface area contributed by atoms with Crippen LogP contribution in [0.5, 0.6) is 0 Å². The average Bonchev–Trinajstić information content (AvgIpc) is 2.99. The van der Waals surface area contributed by atoms with Crippen molar-refractivity contribution in [1.82, 2.24) is 20.4 Å². The summed E-state index contributed by atoms with van der Waals surface area (Å²) in [4.78, 5) is 30.9. The fourth-order valence-electron chi connectivity index (χ4n) is 3.23. The number of nitrogens with one attached hydrogen (secondary N) is 2. The minimum atomic E-state index is -0.319. The third-order valence-corrected chi connectivity index (χ3v) is 4.64. The largest absolute Gasteiger partial charge is 0.354 e. The lowest BCUT2D eigenvalue weighted by Crippen LogP contribution is -2.47. The van der Waals surface area contributed by atoms with Crippen LogP contribution < -0.4 is 10.6 Å². The van der Waals surface area contributed by atoms with Crippen LogP contribution in [0.25, 0.3) is 6.08 Å². The summed E-state index contributed by atoms with van der Waals surface area (Å²) >= 11 is 0. The smallest absolute Gasteiger partial charge is 0.324 e. The molecule has 0 aromatic heterocycles. The molecule has 2 aliphatic rings. The zero-order valence-electron chi connectivity index (χ0n) is 15.1. The Labute approximate surface area is 153 Å². The van der Waals surface area contributed by atoms with Crippen LogP contribution in [-0.2, 0) is 4.79 Å². The Morgan fingerprint density at radius 2 is 1.96 bits per heavy atom. The minimum absolute atomic E-state index is 0.0935. The van der Waals surface area contributed by atoms with Crippen molar-refractivity contribution in [2.45, 2.75) is 12.8 Å². The first-order valence-electron chi connectivity index (χ1n) is 8.95. The maximum absolute atomic E-state index is 11.6. The maximum atomic E-state index is 11.6. The van der Waals surface area contributed by atoms with Gasteiger partial charge in [0.25, 0.3) is 0 Å². The molecule has 0 atom stereocenters. The van der Waals surface area contributed by atoms with E-state index in [9.17, 15) is 9.59 Å². The molecule has 3 amide bonds. The van der Waals surface area contributed by atoms with Crippen LogP contribution in [0.1, 0.15) is 18.4 Å². The highest BCUT2D eigenvalue weighted by molar-refractivity contribution is 6.01. The van der Waals surface area contributed by atoms with Crippen molar-refractivity contribution in [3.63, 3.8) is 0 Å². The Hall–Kier alpha value is -2.83. The molecule has 0 aliphatic carbocycles. The van der Waals surface area contributed by atoms with Gasteiger partial charge in [-0.05, 0) is 18.4 Å². The normalized spacial score (nSPS) is 18.2. The molecule has 0 radical (unpaired) electrons. The van der Waals surface area contributed by atoms with Crippen molar-refractivity contribution in [3.05, 3.63) is 41.5 Å². The highest BCUT2D eigenvalue weighted by Crippen LogP contribution is 2.19. The first-order valence-corrected chi connectivity index (χ1v) is 8.95. The van der Waals surface area contributed by atoms with Gasteiger partial charge in [0, 0.05) is 33.2 Å². The number of urea groups is 1. The summed E-state index contributed by atoms with van der Waals surface area (Å²) in [6.45, 7) is 2.74. The number of rotatable bonds is 4. The number of imide groups is 1. The van der Waals surface area contributed by atoms with Gasteiger partial charge in [0.1, 0.15) is 0 Å². The number of amides is 3. The molecule has 0 unspecified atom stereocenters. The van der Waals surface area contributed by atoms with Crippen molar-refractivity contribution in [3.8, 4) is 0 Å². The van der Waals surface area contributed by atoms with E-state index in [1.54, 1.807) is 7.05 Å². The lowest BCUT2D eigenvalue weighted by molar-refractivity contribution is -0.124. The number of hydrogen-bond acceptors (Lipinski definition) is 3. The molecule has 2 saturated heterocycles. The maximum Gasteiger partial charge on any atom is 0.324 e. The van der Waals surface area contributed by atoms with Crippen LogP contribution in [0.4, 0.5) is 4.79 Å². The third kappa shape index (κ3) is 4.41. The van der Waals surface area contributed by atoms with E-state index in [0.29, 0.717) is 13.1 Å². The monoisotopic (exact) mass is 355 g/mol. The van der Waals surface area contributed by atoms with Gasteiger partial charge in [-0.15, -0.1) is 0 Å². The number of likely N-dealkylation sites (tertiary alicyclic amines) is 1. The number of nitrogens with zero attached hydrogens (tertiary/aromatic N) is 3. The first kappa shape index (κ1) is 18.0. The summed E-state index contributed by atoms with van der Waals surface area (Å²) in [5, 5.41) is 5.78. The number of aliphatic imine (C=N–C) groups is 1. The first-order chi connectivity index (χ1) is 12.7. The zero-order valence-corrected chi connectivity index (χ0v) is 15.1. The molecule has 7 heteroatoms.